The van der Waals surface area contributed by atoms with E-state index in [0.717, 1.165) is 31.1 Å². The van der Waals surface area contributed by atoms with E-state index < -0.39 is 0 Å². The summed E-state index contributed by atoms with van der Waals surface area (Å²) in [6.07, 6.45) is 1.92. The molecule has 0 amide bonds. The molecule has 1 rings (SSSR count). The van der Waals surface area contributed by atoms with Gasteiger partial charge in [-0.15, -0.1) is 0 Å². The normalized spacial score (nSPS) is 11.2. The maximum absolute atomic E-state index is 5.66. The Kier molecular flexibility index (Phi) is 5.94. The second-order valence-electron chi connectivity index (χ2n) is 4.61. The van der Waals surface area contributed by atoms with Gasteiger partial charge in [0.1, 0.15) is 0 Å². The number of rotatable bonds is 7. The minimum absolute atomic E-state index is 0.158. The molecule has 0 saturated heterocycles. The molecule has 0 radical (unpaired) electrons. The molecule has 0 unspecified atom stereocenters. The lowest BCUT2D eigenvalue weighted by Gasteiger charge is -2.14. The van der Waals surface area contributed by atoms with E-state index in [0.29, 0.717) is 0 Å². The second kappa shape index (κ2) is 7.25. The van der Waals surface area contributed by atoms with Crippen LogP contribution in [-0.2, 0) is 6.54 Å². The van der Waals surface area contributed by atoms with Gasteiger partial charge >= 0.3 is 0 Å². The van der Waals surface area contributed by atoms with Crippen LogP contribution in [0.1, 0.15) is 19.4 Å². The van der Waals surface area contributed by atoms with Crippen molar-refractivity contribution in [2.24, 2.45) is 0 Å². The Balaban J connectivity index is 2.46. The number of hydrogen-bond acceptors (Lipinski definition) is 4. The van der Waals surface area contributed by atoms with E-state index in [-0.39, 0.29) is 6.10 Å². The molecule has 0 aliphatic carbocycles. The SMILES string of the molecule is CC(C)Oc1ncccc1CNCCN(C)C. The maximum atomic E-state index is 5.66. The topological polar surface area (TPSA) is 37.4 Å². The summed E-state index contributed by atoms with van der Waals surface area (Å²) in [6, 6.07) is 3.99. The molecular weight excluding hydrogens is 214 g/mol. The smallest absolute Gasteiger partial charge is 0.218 e. The molecule has 0 spiro atoms. The number of hydrogen-bond donors (Lipinski definition) is 1. The predicted octanol–water partition coefficient (Wildman–Crippen LogP) is 1.52. The van der Waals surface area contributed by atoms with Crippen LogP contribution in [-0.4, -0.2) is 43.2 Å². The van der Waals surface area contributed by atoms with E-state index in [2.05, 4.69) is 29.3 Å². The van der Waals surface area contributed by atoms with E-state index in [9.17, 15) is 0 Å². The monoisotopic (exact) mass is 237 g/mol. The molecule has 1 N–H and O–H groups in total. The third kappa shape index (κ3) is 5.65. The van der Waals surface area contributed by atoms with Crippen molar-refractivity contribution in [2.45, 2.75) is 26.5 Å². The molecule has 1 aromatic rings. The van der Waals surface area contributed by atoms with Gasteiger partial charge in [0.05, 0.1) is 6.10 Å². The van der Waals surface area contributed by atoms with Gasteiger partial charge in [0.15, 0.2) is 0 Å². The summed E-state index contributed by atoms with van der Waals surface area (Å²) >= 11 is 0. The number of likely N-dealkylation sites (N-methyl/N-ethyl adjacent to an activating group) is 1. The molecule has 1 aromatic heterocycles. The van der Waals surface area contributed by atoms with Crippen molar-refractivity contribution in [3.8, 4) is 5.88 Å². The van der Waals surface area contributed by atoms with Crippen LogP contribution in [0.2, 0.25) is 0 Å². The fourth-order valence-electron chi connectivity index (χ4n) is 1.41. The Hall–Kier alpha value is -1.13. The zero-order valence-corrected chi connectivity index (χ0v) is 11.2. The van der Waals surface area contributed by atoms with Crippen molar-refractivity contribution in [1.82, 2.24) is 15.2 Å². The Labute approximate surface area is 104 Å². The lowest BCUT2D eigenvalue weighted by Crippen LogP contribution is -2.26. The Morgan fingerprint density at radius 3 is 2.82 bits per heavy atom. The molecule has 17 heavy (non-hydrogen) atoms. The van der Waals surface area contributed by atoms with Crippen LogP contribution in [0.5, 0.6) is 5.88 Å². The van der Waals surface area contributed by atoms with Gasteiger partial charge in [-0.2, -0.15) is 0 Å². The number of pyridine rings is 1. The average molecular weight is 237 g/mol. The first-order valence-electron chi connectivity index (χ1n) is 6.05. The molecule has 0 aliphatic heterocycles. The zero-order chi connectivity index (χ0) is 12.7. The van der Waals surface area contributed by atoms with Crippen LogP contribution in [0.15, 0.2) is 18.3 Å². The third-order valence-corrected chi connectivity index (χ3v) is 2.25. The fourth-order valence-corrected chi connectivity index (χ4v) is 1.41. The van der Waals surface area contributed by atoms with Gasteiger partial charge < -0.3 is 15.0 Å². The Morgan fingerprint density at radius 2 is 2.18 bits per heavy atom. The third-order valence-electron chi connectivity index (χ3n) is 2.25. The highest BCUT2D eigenvalue weighted by Gasteiger charge is 2.05. The summed E-state index contributed by atoms with van der Waals surface area (Å²) in [5.74, 6) is 0.736. The molecule has 0 aromatic carbocycles. The van der Waals surface area contributed by atoms with Gasteiger partial charge in [0.2, 0.25) is 5.88 Å². The first-order valence-corrected chi connectivity index (χ1v) is 6.05. The Morgan fingerprint density at radius 1 is 1.41 bits per heavy atom. The highest BCUT2D eigenvalue weighted by molar-refractivity contribution is 5.25. The van der Waals surface area contributed by atoms with Gasteiger partial charge in [-0.3, -0.25) is 0 Å². The number of nitrogens with one attached hydrogen (secondary N) is 1. The van der Waals surface area contributed by atoms with E-state index in [4.69, 9.17) is 4.74 Å². The fraction of sp³-hybridized carbons (Fsp3) is 0.615. The molecule has 4 nitrogen and oxygen atoms in total. The highest BCUT2D eigenvalue weighted by Crippen LogP contribution is 2.15. The first-order chi connectivity index (χ1) is 8.09. The summed E-state index contributed by atoms with van der Waals surface area (Å²) in [7, 11) is 4.14. The lowest BCUT2D eigenvalue weighted by atomic mass is 10.2. The molecule has 0 bridgehead atoms. The summed E-state index contributed by atoms with van der Waals surface area (Å²) in [4.78, 5) is 6.41. The molecule has 0 atom stereocenters. The van der Waals surface area contributed by atoms with E-state index >= 15 is 0 Å². The lowest BCUT2D eigenvalue weighted by molar-refractivity contribution is 0.229. The van der Waals surface area contributed by atoms with Crippen molar-refractivity contribution in [3.63, 3.8) is 0 Å². The Bertz CT molecular complexity index is 326. The summed E-state index contributed by atoms with van der Waals surface area (Å²) in [5, 5.41) is 3.38. The number of nitrogens with zero attached hydrogens (tertiary/aromatic N) is 2. The van der Waals surface area contributed by atoms with Gasteiger partial charge in [-0.1, -0.05) is 6.07 Å². The van der Waals surface area contributed by atoms with Crippen molar-refractivity contribution >= 4 is 0 Å². The minimum Gasteiger partial charge on any atom is -0.475 e. The zero-order valence-electron chi connectivity index (χ0n) is 11.2. The van der Waals surface area contributed by atoms with Crippen LogP contribution in [0, 0.1) is 0 Å². The predicted molar refractivity (Wildman–Crippen MR) is 70.3 cm³/mol. The standard InChI is InChI=1S/C13H23N3O/c1-11(2)17-13-12(6-5-7-15-13)10-14-8-9-16(3)4/h5-7,11,14H,8-10H2,1-4H3. The summed E-state index contributed by atoms with van der Waals surface area (Å²) in [5.41, 5.74) is 1.11. The first kappa shape index (κ1) is 13.9. The average Bonchev–Trinajstić information content (AvgIpc) is 2.25. The highest BCUT2D eigenvalue weighted by atomic mass is 16.5. The van der Waals surface area contributed by atoms with Gasteiger partial charge in [-0.25, -0.2) is 4.98 Å². The van der Waals surface area contributed by atoms with Crippen LogP contribution in [0.25, 0.3) is 0 Å². The molecule has 0 fully saturated rings. The molecule has 4 heteroatoms. The second-order valence-corrected chi connectivity index (χ2v) is 4.61. The van der Waals surface area contributed by atoms with Gasteiger partial charge in [0, 0.05) is 31.4 Å². The summed E-state index contributed by atoms with van der Waals surface area (Å²) < 4.78 is 5.66. The molecule has 0 aliphatic rings. The van der Waals surface area contributed by atoms with Crippen molar-refractivity contribution in [1.29, 1.82) is 0 Å². The van der Waals surface area contributed by atoms with E-state index in [1.165, 1.54) is 0 Å². The maximum Gasteiger partial charge on any atom is 0.218 e. The van der Waals surface area contributed by atoms with Crippen LogP contribution in [0.4, 0.5) is 0 Å². The molecule has 96 valence electrons. The summed E-state index contributed by atoms with van der Waals surface area (Å²) in [6.45, 7) is 6.81. The van der Waals surface area contributed by atoms with Crippen LogP contribution >= 0.6 is 0 Å². The van der Waals surface area contributed by atoms with Gasteiger partial charge in [0.25, 0.3) is 0 Å². The minimum atomic E-state index is 0.158. The van der Waals surface area contributed by atoms with Gasteiger partial charge in [-0.05, 0) is 34.0 Å². The number of ether oxygens (including phenoxy) is 1. The van der Waals surface area contributed by atoms with Crippen molar-refractivity contribution < 1.29 is 4.74 Å². The van der Waals surface area contributed by atoms with Crippen LogP contribution in [0.3, 0.4) is 0 Å². The largest absolute Gasteiger partial charge is 0.475 e. The van der Waals surface area contributed by atoms with Crippen molar-refractivity contribution in [2.75, 3.05) is 27.2 Å². The molecular formula is C13H23N3O. The number of aromatic nitrogens is 1. The van der Waals surface area contributed by atoms with E-state index in [1.54, 1.807) is 6.20 Å². The molecule has 1 heterocycles. The molecule has 0 saturated carbocycles. The van der Waals surface area contributed by atoms with Crippen LogP contribution < -0.4 is 10.1 Å². The van der Waals surface area contributed by atoms with Crippen molar-refractivity contribution in [3.05, 3.63) is 23.9 Å². The van der Waals surface area contributed by atoms with E-state index in [1.807, 2.05) is 26.0 Å². The quantitative estimate of drug-likeness (QED) is 0.730.